The first-order valence-corrected chi connectivity index (χ1v) is 5.51. The van der Waals surface area contributed by atoms with Gasteiger partial charge in [0.05, 0.1) is 19.8 Å². The number of ether oxygens (including phenoxy) is 2. The van der Waals surface area contributed by atoms with Crippen molar-refractivity contribution in [3.05, 3.63) is 17.7 Å². The van der Waals surface area contributed by atoms with Crippen LogP contribution in [0.3, 0.4) is 0 Å². The molecule has 1 aromatic carbocycles. The van der Waals surface area contributed by atoms with Crippen molar-refractivity contribution >= 4 is 40.6 Å². The van der Waals surface area contributed by atoms with Crippen LogP contribution in [0.5, 0.6) is 17.2 Å². The highest BCUT2D eigenvalue weighted by Gasteiger charge is 2.34. The molecular formula is C10H9Cl3O4. The summed E-state index contributed by atoms with van der Waals surface area (Å²) in [6, 6.07) is 2.46. The number of halogens is 3. The zero-order valence-corrected chi connectivity index (χ0v) is 11.2. The van der Waals surface area contributed by atoms with E-state index in [0.29, 0.717) is 0 Å². The quantitative estimate of drug-likeness (QED) is 0.688. The maximum Gasteiger partial charge on any atom is 0.253 e. The maximum absolute atomic E-state index is 11.7. The van der Waals surface area contributed by atoms with Crippen molar-refractivity contribution < 1.29 is 19.4 Å². The van der Waals surface area contributed by atoms with E-state index in [0.717, 1.165) is 0 Å². The summed E-state index contributed by atoms with van der Waals surface area (Å²) in [5, 5.41) is 9.64. The van der Waals surface area contributed by atoms with Gasteiger partial charge in [-0.1, -0.05) is 34.8 Å². The Morgan fingerprint density at radius 3 is 2.06 bits per heavy atom. The molecule has 1 aromatic rings. The summed E-state index contributed by atoms with van der Waals surface area (Å²) in [6.45, 7) is 0. The fourth-order valence-electron chi connectivity index (χ4n) is 1.20. The Balaban J connectivity index is 3.31. The minimum absolute atomic E-state index is 0.150. The van der Waals surface area contributed by atoms with Crippen LogP contribution in [0.4, 0.5) is 0 Å². The van der Waals surface area contributed by atoms with Crippen molar-refractivity contribution in [3.8, 4) is 17.2 Å². The number of benzene rings is 1. The predicted molar refractivity (Wildman–Crippen MR) is 65.8 cm³/mol. The van der Waals surface area contributed by atoms with Gasteiger partial charge in [-0.15, -0.1) is 0 Å². The summed E-state index contributed by atoms with van der Waals surface area (Å²) < 4.78 is 7.78. The van der Waals surface area contributed by atoms with Crippen LogP contribution in [0.25, 0.3) is 0 Å². The number of phenolic OH excluding ortho intramolecular Hbond substituents is 1. The molecule has 0 bridgehead atoms. The Morgan fingerprint density at radius 2 is 1.65 bits per heavy atom. The standard InChI is InChI=1S/C10H9Cl3O4/c1-16-7-3-5(9(15)10(11,12)13)6(14)4-8(7)17-2/h3-4,14H,1-2H3. The van der Waals surface area contributed by atoms with E-state index in [1.165, 1.54) is 26.4 Å². The molecule has 1 rings (SSSR count). The molecule has 7 heteroatoms. The van der Waals surface area contributed by atoms with Crippen LogP contribution in [0.15, 0.2) is 12.1 Å². The molecule has 0 aliphatic rings. The Morgan fingerprint density at radius 1 is 1.18 bits per heavy atom. The maximum atomic E-state index is 11.7. The molecule has 0 aliphatic carbocycles. The van der Waals surface area contributed by atoms with Crippen molar-refractivity contribution in [3.63, 3.8) is 0 Å². The molecule has 0 atom stereocenters. The second kappa shape index (κ2) is 5.21. The monoisotopic (exact) mass is 298 g/mol. The third kappa shape index (κ3) is 3.09. The predicted octanol–water partition coefficient (Wildman–Crippen LogP) is 2.96. The van der Waals surface area contributed by atoms with Gasteiger partial charge in [-0.2, -0.15) is 0 Å². The molecule has 0 saturated carbocycles. The first kappa shape index (κ1) is 14.2. The molecular weight excluding hydrogens is 290 g/mol. The number of alkyl halides is 3. The van der Waals surface area contributed by atoms with Crippen molar-refractivity contribution in [2.45, 2.75) is 3.79 Å². The minimum Gasteiger partial charge on any atom is -0.507 e. The Hall–Kier alpha value is -0.840. The Labute approximate surface area is 113 Å². The van der Waals surface area contributed by atoms with Crippen LogP contribution in [-0.4, -0.2) is 28.9 Å². The van der Waals surface area contributed by atoms with E-state index in [9.17, 15) is 9.90 Å². The van der Waals surface area contributed by atoms with Crippen LogP contribution >= 0.6 is 34.8 Å². The fourth-order valence-corrected chi connectivity index (χ4v) is 1.51. The number of Topliss-reactive ketones (excluding diaryl/α,β-unsaturated/α-hetero) is 1. The Bertz CT molecular complexity index is 440. The van der Waals surface area contributed by atoms with E-state index >= 15 is 0 Å². The molecule has 0 fully saturated rings. The number of ketones is 1. The van der Waals surface area contributed by atoms with Crippen LogP contribution < -0.4 is 9.47 Å². The number of carbonyl (C=O) groups is 1. The lowest BCUT2D eigenvalue weighted by Gasteiger charge is -2.14. The van der Waals surface area contributed by atoms with Crippen molar-refractivity contribution in [1.29, 1.82) is 0 Å². The highest BCUT2D eigenvalue weighted by molar-refractivity contribution is 6.77. The summed E-state index contributed by atoms with van der Waals surface area (Å²) in [6.07, 6.45) is 0. The number of carbonyl (C=O) groups excluding carboxylic acids is 1. The molecule has 0 aromatic heterocycles. The molecule has 1 N–H and O–H groups in total. The van der Waals surface area contributed by atoms with E-state index in [1.807, 2.05) is 0 Å². The largest absolute Gasteiger partial charge is 0.507 e. The zero-order chi connectivity index (χ0) is 13.2. The average Bonchev–Trinajstić information content (AvgIpc) is 2.26. The third-order valence-corrected chi connectivity index (χ3v) is 2.52. The molecule has 4 nitrogen and oxygen atoms in total. The summed E-state index contributed by atoms with van der Waals surface area (Å²) in [5.41, 5.74) is -0.150. The van der Waals surface area contributed by atoms with Crippen LogP contribution in [0.2, 0.25) is 0 Å². The molecule has 0 amide bonds. The lowest BCUT2D eigenvalue weighted by Crippen LogP contribution is -2.19. The molecule has 0 spiro atoms. The molecule has 0 radical (unpaired) electrons. The molecule has 0 heterocycles. The SMILES string of the molecule is COc1cc(O)c(C(=O)C(Cl)(Cl)Cl)cc1OC. The lowest BCUT2D eigenvalue weighted by molar-refractivity contribution is 0.0993. The first-order valence-electron chi connectivity index (χ1n) is 4.37. The summed E-state index contributed by atoms with van der Waals surface area (Å²) in [4.78, 5) is 11.7. The number of methoxy groups -OCH3 is 2. The van der Waals surface area contributed by atoms with Crippen LogP contribution in [0.1, 0.15) is 10.4 Å². The van der Waals surface area contributed by atoms with Crippen LogP contribution in [0, 0.1) is 0 Å². The number of hydrogen-bond acceptors (Lipinski definition) is 4. The fraction of sp³-hybridized carbons (Fsp3) is 0.300. The third-order valence-electron chi connectivity index (χ3n) is 2.00. The number of phenols is 1. The smallest absolute Gasteiger partial charge is 0.253 e. The number of rotatable bonds is 3. The second-order valence-corrected chi connectivity index (χ2v) is 5.33. The zero-order valence-electron chi connectivity index (χ0n) is 8.96. The second-order valence-electron chi connectivity index (χ2n) is 3.05. The highest BCUT2D eigenvalue weighted by atomic mass is 35.6. The highest BCUT2D eigenvalue weighted by Crippen LogP contribution is 2.38. The molecule has 0 unspecified atom stereocenters. The van der Waals surface area contributed by atoms with E-state index < -0.39 is 9.58 Å². The average molecular weight is 300 g/mol. The van der Waals surface area contributed by atoms with Gasteiger partial charge in [0.2, 0.25) is 5.78 Å². The van der Waals surface area contributed by atoms with Gasteiger partial charge < -0.3 is 14.6 Å². The molecule has 94 valence electrons. The van der Waals surface area contributed by atoms with Gasteiger partial charge in [0.25, 0.3) is 3.79 Å². The first-order chi connectivity index (χ1) is 7.81. The van der Waals surface area contributed by atoms with E-state index in [-0.39, 0.29) is 22.8 Å². The van der Waals surface area contributed by atoms with Gasteiger partial charge in [-0.3, -0.25) is 4.79 Å². The normalized spacial score (nSPS) is 11.1. The van der Waals surface area contributed by atoms with Crippen molar-refractivity contribution in [1.82, 2.24) is 0 Å². The molecule has 0 aliphatic heterocycles. The summed E-state index contributed by atoms with van der Waals surface area (Å²) in [5.74, 6) is -0.673. The van der Waals surface area contributed by atoms with E-state index in [4.69, 9.17) is 44.3 Å². The van der Waals surface area contributed by atoms with Gasteiger partial charge in [0.15, 0.2) is 11.5 Å². The number of hydrogen-bond donors (Lipinski definition) is 1. The van der Waals surface area contributed by atoms with E-state index in [2.05, 4.69) is 0 Å². The van der Waals surface area contributed by atoms with Gasteiger partial charge in [0.1, 0.15) is 5.75 Å². The Kier molecular flexibility index (Phi) is 4.36. The van der Waals surface area contributed by atoms with Gasteiger partial charge >= 0.3 is 0 Å². The van der Waals surface area contributed by atoms with Gasteiger partial charge in [-0.05, 0) is 6.07 Å². The van der Waals surface area contributed by atoms with Crippen molar-refractivity contribution in [2.75, 3.05) is 14.2 Å². The van der Waals surface area contributed by atoms with Gasteiger partial charge in [-0.25, -0.2) is 0 Å². The van der Waals surface area contributed by atoms with Gasteiger partial charge in [0, 0.05) is 6.07 Å². The number of aromatic hydroxyl groups is 1. The molecule has 17 heavy (non-hydrogen) atoms. The minimum atomic E-state index is -2.14. The lowest BCUT2D eigenvalue weighted by atomic mass is 10.1. The topological polar surface area (TPSA) is 55.8 Å². The summed E-state index contributed by atoms with van der Waals surface area (Å²) >= 11 is 16.4. The van der Waals surface area contributed by atoms with Crippen molar-refractivity contribution in [2.24, 2.45) is 0 Å². The van der Waals surface area contributed by atoms with E-state index in [1.54, 1.807) is 0 Å². The van der Waals surface area contributed by atoms with Crippen LogP contribution in [-0.2, 0) is 0 Å². The summed E-state index contributed by atoms with van der Waals surface area (Å²) in [7, 11) is 2.78. The molecule has 0 saturated heterocycles.